The van der Waals surface area contributed by atoms with Gasteiger partial charge in [-0.25, -0.2) is 4.98 Å². The number of carbonyl (C=O) groups excluding carboxylic acids is 1. The average molecular weight is 429 g/mol. The molecule has 5 nitrogen and oxygen atoms in total. The number of nitrogens with one attached hydrogen (secondary N) is 1. The molecule has 0 saturated heterocycles. The van der Waals surface area contributed by atoms with Crippen LogP contribution in [0.4, 0.5) is 18.9 Å². The number of alkyl halides is 3. The largest absolute Gasteiger partial charge is 0.418 e. The first kappa shape index (κ1) is 19.8. The first-order chi connectivity index (χ1) is 14.3. The summed E-state index contributed by atoms with van der Waals surface area (Å²) in [4.78, 5) is 30.1. The topological polar surface area (TPSA) is 64.0 Å². The minimum atomic E-state index is -4.61. The van der Waals surface area contributed by atoms with Crippen molar-refractivity contribution in [1.82, 2.24) is 9.55 Å². The molecule has 1 N–H and O–H groups in total. The molecule has 0 radical (unpaired) electrons. The van der Waals surface area contributed by atoms with Crippen LogP contribution < -0.4 is 10.9 Å². The van der Waals surface area contributed by atoms with Crippen LogP contribution in [0.1, 0.15) is 5.56 Å². The van der Waals surface area contributed by atoms with Gasteiger partial charge in [-0.2, -0.15) is 13.2 Å². The Morgan fingerprint density at radius 1 is 1.07 bits per heavy atom. The smallest absolute Gasteiger partial charge is 0.324 e. The van der Waals surface area contributed by atoms with Crippen molar-refractivity contribution < 1.29 is 18.0 Å². The molecule has 4 rings (SSSR count). The number of amides is 1. The maximum atomic E-state index is 13.1. The Labute approximate surface area is 172 Å². The predicted molar refractivity (Wildman–Crippen MR) is 109 cm³/mol. The van der Waals surface area contributed by atoms with E-state index in [4.69, 9.17) is 0 Å². The molecule has 0 spiro atoms. The van der Waals surface area contributed by atoms with Crippen LogP contribution in [0.25, 0.3) is 21.3 Å². The van der Waals surface area contributed by atoms with E-state index in [1.54, 1.807) is 0 Å². The molecule has 0 aliphatic heterocycles. The van der Waals surface area contributed by atoms with Crippen molar-refractivity contribution in [2.45, 2.75) is 12.7 Å². The zero-order chi connectivity index (χ0) is 21.3. The Morgan fingerprint density at radius 2 is 1.77 bits per heavy atom. The number of rotatable bonds is 4. The Kier molecular flexibility index (Phi) is 5.13. The van der Waals surface area contributed by atoms with Gasteiger partial charge in [0, 0.05) is 10.9 Å². The van der Waals surface area contributed by atoms with Crippen molar-refractivity contribution in [2.24, 2.45) is 0 Å². The molecule has 0 unspecified atom stereocenters. The standard InChI is InChI=1S/C21H14F3N3O2S/c22-21(23,24)15-8-4-5-9-16(15)26-17(28)10-27-12-25-19-18(20(27)29)14(11-30-19)13-6-2-1-3-7-13/h1-9,11-12H,10H2,(H,26,28). The number of carbonyl (C=O) groups is 1. The molecule has 1 amide bonds. The zero-order valence-electron chi connectivity index (χ0n) is 15.3. The van der Waals surface area contributed by atoms with E-state index in [0.717, 1.165) is 22.3 Å². The molecule has 9 heteroatoms. The molecule has 0 saturated carbocycles. The molecule has 0 bridgehead atoms. The van der Waals surface area contributed by atoms with Gasteiger partial charge >= 0.3 is 6.18 Å². The van der Waals surface area contributed by atoms with E-state index in [1.807, 2.05) is 35.7 Å². The van der Waals surface area contributed by atoms with Crippen LogP contribution in [-0.2, 0) is 17.5 Å². The third-order valence-corrected chi connectivity index (χ3v) is 5.35. The molecule has 152 valence electrons. The molecule has 2 heterocycles. The lowest BCUT2D eigenvalue weighted by atomic mass is 10.1. The fraction of sp³-hybridized carbons (Fsp3) is 0.0952. The van der Waals surface area contributed by atoms with Gasteiger partial charge in [0.15, 0.2) is 0 Å². The van der Waals surface area contributed by atoms with Crippen molar-refractivity contribution in [3.05, 3.63) is 82.2 Å². The second-order valence-electron chi connectivity index (χ2n) is 6.46. The van der Waals surface area contributed by atoms with E-state index in [0.29, 0.717) is 15.8 Å². The highest BCUT2D eigenvalue weighted by Gasteiger charge is 2.33. The first-order valence-electron chi connectivity index (χ1n) is 8.83. The summed E-state index contributed by atoms with van der Waals surface area (Å²) in [5, 5.41) is 4.43. The van der Waals surface area contributed by atoms with Crippen LogP contribution in [0, 0.1) is 0 Å². The van der Waals surface area contributed by atoms with E-state index in [9.17, 15) is 22.8 Å². The summed E-state index contributed by atoms with van der Waals surface area (Å²) in [6.45, 7) is -0.460. The Bertz CT molecular complexity index is 1280. The quantitative estimate of drug-likeness (QED) is 0.508. The van der Waals surface area contributed by atoms with Crippen LogP contribution in [-0.4, -0.2) is 15.5 Å². The summed E-state index contributed by atoms with van der Waals surface area (Å²) in [7, 11) is 0. The van der Waals surface area contributed by atoms with Crippen molar-refractivity contribution in [3.8, 4) is 11.1 Å². The van der Waals surface area contributed by atoms with Gasteiger partial charge in [-0.1, -0.05) is 42.5 Å². The van der Waals surface area contributed by atoms with E-state index in [1.165, 1.54) is 29.8 Å². The minimum absolute atomic E-state index is 0.363. The Morgan fingerprint density at radius 3 is 2.50 bits per heavy atom. The van der Waals surface area contributed by atoms with E-state index < -0.39 is 29.8 Å². The van der Waals surface area contributed by atoms with Crippen molar-refractivity contribution in [1.29, 1.82) is 0 Å². The summed E-state index contributed by atoms with van der Waals surface area (Å²) in [5.74, 6) is -0.758. The first-order valence-corrected chi connectivity index (χ1v) is 9.70. The van der Waals surface area contributed by atoms with Gasteiger partial charge in [-0.3, -0.25) is 14.2 Å². The number of fused-ring (bicyclic) bond motifs is 1. The van der Waals surface area contributed by atoms with Crippen molar-refractivity contribution in [2.75, 3.05) is 5.32 Å². The monoisotopic (exact) mass is 429 g/mol. The molecule has 2 aromatic carbocycles. The molecule has 2 aromatic heterocycles. The average Bonchev–Trinajstić information content (AvgIpc) is 3.15. The maximum Gasteiger partial charge on any atom is 0.418 e. The number of benzene rings is 2. The maximum absolute atomic E-state index is 13.1. The summed E-state index contributed by atoms with van der Waals surface area (Å²) in [6, 6.07) is 13.9. The van der Waals surface area contributed by atoms with E-state index in [-0.39, 0.29) is 5.69 Å². The molecule has 30 heavy (non-hydrogen) atoms. The Hall–Kier alpha value is -3.46. The van der Waals surface area contributed by atoms with Gasteiger partial charge in [-0.05, 0) is 17.7 Å². The molecule has 0 fully saturated rings. The summed E-state index contributed by atoms with van der Waals surface area (Å²) < 4.78 is 40.4. The summed E-state index contributed by atoms with van der Waals surface area (Å²) in [5.41, 5.74) is -0.213. The number of anilines is 1. The van der Waals surface area contributed by atoms with Crippen LogP contribution in [0.15, 0.2) is 71.1 Å². The molecular weight excluding hydrogens is 415 g/mol. The van der Waals surface area contributed by atoms with Crippen LogP contribution in [0.2, 0.25) is 0 Å². The SMILES string of the molecule is O=C(Cn1cnc2scc(-c3ccccc3)c2c1=O)Nc1ccccc1C(F)(F)F. The van der Waals surface area contributed by atoms with Gasteiger partial charge in [0.05, 0.1) is 23.0 Å². The zero-order valence-corrected chi connectivity index (χ0v) is 16.1. The molecule has 0 aliphatic carbocycles. The number of nitrogens with zero attached hydrogens (tertiary/aromatic N) is 2. The Balaban J connectivity index is 1.65. The van der Waals surface area contributed by atoms with E-state index >= 15 is 0 Å². The lowest BCUT2D eigenvalue weighted by Crippen LogP contribution is -2.28. The summed E-state index contributed by atoms with van der Waals surface area (Å²) in [6.07, 6.45) is -3.38. The highest BCUT2D eigenvalue weighted by atomic mass is 32.1. The van der Waals surface area contributed by atoms with Gasteiger partial charge in [-0.15, -0.1) is 11.3 Å². The normalized spacial score (nSPS) is 11.6. The third kappa shape index (κ3) is 3.84. The number of aromatic nitrogens is 2. The van der Waals surface area contributed by atoms with Gasteiger partial charge in [0.2, 0.25) is 5.91 Å². The molecule has 0 atom stereocenters. The second kappa shape index (κ2) is 7.75. The third-order valence-electron chi connectivity index (χ3n) is 4.47. The van der Waals surface area contributed by atoms with Crippen LogP contribution in [0.3, 0.4) is 0 Å². The lowest BCUT2D eigenvalue weighted by molar-refractivity contribution is -0.137. The fourth-order valence-electron chi connectivity index (χ4n) is 3.09. The fourth-order valence-corrected chi connectivity index (χ4v) is 4.00. The van der Waals surface area contributed by atoms with E-state index in [2.05, 4.69) is 10.3 Å². The van der Waals surface area contributed by atoms with Crippen LogP contribution >= 0.6 is 11.3 Å². The highest BCUT2D eigenvalue weighted by Crippen LogP contribution is 2.34. The number of hydrogen-bond acceptors (Lipinski definition) is 4. The van der Waals surface area contributed by atoms with Crippen molar-refractivity contribution >= 4 is 33.1 Å². The highest BCUT2D eigenvalue weighted by molar-refractivity contribution is 7.17. The van der Waals surface area contributed by atoms with Crippen molar-refractivity contribution in [3.63, 3.8) is 0 Å². The molecule has 0 aliphatic rings. The minimum Gasteiger partial charge on any atom is -0.324 e. The molecular formula is C21H14F3N3O2S. The predicted octanol–water partition coefficient (Wildman–Crippen LogP) is 4.78. The second-order valence-corrected chi connectivity index (χ2v) is 7.32. The number of halogens is 3. The van der Waals surface area contributed by atoms with Gasteiger partial charge in [0.25, 0.3) is 5.56 Å². The summed E-state index contributed by atoms with van der Waals surface area (Å²) >= 11 is 1.31. The van der Waals surface area contributed by atoms with Crippen LogP contribution in [0.5, 0.6) is 0 Å². The number of thiophene rings is 1. The lowest BCUT2D eigenvalue weighted by Gasteiger charge is -2.14. The van der Waals surface area contributed by atoms with Gasteiger partial charge < -0.3 is 5.32 Å². The number of para-hydroxylation sites is 1. The number of hydrogen-bond donors (Lipinski definition) is 1. The molecule has 4 aromatic rings. The van der Waals surface area contributed by atoms with Gasteiger partial charge in [0.1, 0.15) is 11.4 Å².